The van der Waals surface area contributed by atoms with Crippen molar-refractivity contribution < 1.29 is 4.79 Å². The minimum Gasteiger partial charge on any atom is -0.384 e. The number of nitrogens with one attached hydrogen (secondary N) is 2. The smallest absolute Gasteiger partial charge is 0.214 e. The minimum absolute atomic E-state index is 0.0550. The number of hydrogen-bond donors (Lipinski definition) is 4. The Morgan fingerprint density at radius 2 is 2.42 bits per heavy atom. The van der Waals surface area contributed by atoms with Crippen LogP contribution in [-0.2, 0) is 4.79 Å². The van der Waals surface area contributed by atoms with Crippen LogP contribution in [0.3, 0.4) is 0 Å². The predicted molar refractivity (Wildman–Crippen MR) is 44.8 cm³/mol. The largest absolute Gasteiger partial charge is 0.384 e. The van der Waals surface area contributed by atoms with Crippen molar-refractivity contribution in [2.24, 2.45) is 16.5 Å². The predicted octanol–water partition coefficient (Wildman–Crippen LogP) is -1.66. The molecule has 0 bridgehead atoms. The van der Waals surface area contributed by atoms with Gasteiger partial charge in [0, 0.05) is 6.08 Å². The van der Waals surface area contributed by atoms with Gasteiger partial charge in [0.05, 0.1) is 0 Å². The molecule has 0 aliphatic carbocycles. The maximum absolute atomic E-state index is 10.1. The Bertz CT molecular complexity index is 263. The lowest BCUT2D eigenvalue weighted by molar-refractivity contribution is -0.110. The summed E-state index contributed by atoms with van der Waals surface area (Å²) in [6, 6.07) is 0. The van der Waals surface area contributed by atoms with E-state index in [4.69, 9.17) is 23.1 Å². The molecule has 0 aromatic heterocycles. The van der Waals surface area contributed by atoms with Gasteiger partial charge in [0.25, 0.3) is 0 Å². The molecule has 1 aliphatic rings. The van der Waals surface area contributed by atoms with E-state index in [1.807, 2.05) is 0 Å². The molecule has 1 atom stereocenters. The molecule has 0 radical (unpaired) electrons. The van der Waals surface area contributed by atoms with Crippen molar-refractivity contribution in [1.82, 2.24) is 10.6 Å². The zero-order chi connectivity index (χ0) is 9.19. The highest BCUT2D eigenvalue weighted by molar-refractivity contribution is 6.26. The van der Waals surface area contributed by atoms with E-state index in [9.17, 15) is 4.79 Å². The lowest BCUT2D eigenvalue weighted by Gasteiger charge is -2.27. The van der Waals surface area contributed by atoms with Gasteiger partial charge in [0.2, 0.25) is 11.5 Å². The van der Waals surface area contributed by atoms with Crippen molar-refractivity contribution in [3.63, 3.8) is 0 Å². The quantitative estimate of drug-likeness (QED) is 0.237. The van der Waals surface area contributed by atoms with Crippen molar-refractivity contribution in [3.05, 3.63) is 11.9 Å². The molecule has 1 aliphatic heterocycles. The fraction of sp³-hybridized carbons (Fsp3) is 0.200. The first-order chi connectivity index (χ1) is 5.56. The van der Waals surface area contributed by atoms with Gasteiger partial charge in [0.15, 0.2) is 5.96 Å². The number of hydrogen-bond acceptors (Lipinski definition) is 5. The van der Waals surface area contributed by atoms with Crippen LogP contribution in [0.2, 0.25) is 0 Å². The molecule has 0 aromatic rings. The number of alkyl halides is 1. The van der Waals surface area contributed by atoms with Crippen molar-refractivity contribution in [1.29, 1.82) is 0 Å². The molecular formula is C5H8ClN5O. The molecule has 1 rings (SSSR count). The van der Waals surface area contributed by atoms with Crippen LogP contribution in [0.1, 0.15) is 0 Å². The molecule has 0 saturated carbocycles. The van der Waals surface area contributed by atoms with Gasteiger partial charge in [-0.1, -0.05) is 11.6 Å². The third-order valence-corrected chi connectivity index (χ3v) is 1.49. The summed E-state index contributed by atoms with van der Waals surface area (Å²) in [6.07, 6.45) is 1.77. The number of halogens is 1. The topological polar surface area (TPSA) is 106 Å². The molecule has 0 fully saturated rings. The van der Waals surface area contributed by atoms with Crippen LogP contribution in [0, 0.1) is 0 Å². The Morgan fingerprint density at radius 1 is 1.75 bits per heavy atom. The van der Waals surface area contributed by atoms with E-state index in [-0.39, 0.29) is 11.8 Å². The van der Waals surface area contributed by atoms with E-state index >= 15 is 0 Å². The van der Waals surface area contributed by atoms with Crippen LogP contribution >= 0.6 is 11.6 Å². The number of guanidine groups is 1. The maximum Gasteiger partial charge on any atom is 0.214 e. The van der Waals surface area contributed by atoms with Gasteiger partial charge < -0.3 is 22.1 Å². The second-order valence-electron chi connectivity index (χ2n) is 2.17. The third-order valence-electron chi connectivity index (χ3n) is 1.18. The fourth-order valence-electron chi connectivity index (χ4n) is 0.789. The Balaban J connectivity index is 2.84. The van der Waals surface area contributed by atoms with E-state index in [1.54, 1.807) is 0 Å². The van der Waals surface area contributed by atoms with Gasteiger partial charge in [-0.3, -0.25) is 4.79 Å². The van der Waals surface area contributed by atoms with E-state index in [0.29, 0.717) is 6.41 Å². The Labute approximate surface area is 73.6 Å². The minimum atomic E-state index is -1.27. The highest BCUT2D eigenvalue weighted by atomic mass is 35.5. The van der Waals surface area contributed by atoms with Crippen molar-refractivity contribution in [3.8, 4) is 0 Å². The molecular weight excluding hydrogens is 182 g/mol. The van der Waals surface area contributed by atoms with Crippen LogP contribution < -0.4 is 22.1 Å². The highest BCUT2D eigenvalue weighted by Crippen LogP contribution is 2.13. The first kappa shape index (κ1) is 8.66. The molecule has 12 heavy (non-hydrogen) atoms. The van der Waals surface area contributed by atoms with Gasteiger partial charge in [-0.25, -0.2) is 0 Å². The van der Waals surface area contributed by atoms with Gasteiger partial charge in [-0.05, 0) is 0 Å². The average Bonchev–Trinajstić information content (AvgIpc) is 1.82. The van der Waals surface area contributed by atoms with Crippen LogP contribution in [0.25, 0.3) is 0 Å². The number of rotatable bonds is 2. The number of aliphatic imine (C=N–C) groups is 1. The third kappa shape index (κ3) is 1.79. The molecule has 1 amide bonds. The zero-order valence-electron chi connectivity index (χ0n) is 6.04. The summed E-state index contributed by atoms with van der Waals surface area (Å²) < 4.78 is 0. The lowest BCUT2D eigenvalue weighted by atomic mass is 10.4. The fourth-order valence-corrected chi connectivity index (χ4v) is 1.04. The van der Waals surface area contributed by atoms with E-state index in [1.165, 1.54) is 6.08 Å². The Hall–Kier alpha value is -1.43. The van der Waals surface area contributed by atoms with Gasteiger partial charge >= 0.3 is 0 Å². The zero-order valence-corrected chi connectivity index (χ0v) is 6.80. The van der Waals surface area contributed by atoms with Crippen molar-refractivity contribution in [2.75, 3.05) is 0 Å². The van der Waals surface area contributed by atoms with Crippen LogP contribution in [0.4, 0.5) is 0 Å². The maximum atomic E-state index is 10.1. The first-order valence-electron chi connectivity index (χ1n) is 3.07. The van der Waals surface area contributed by atoms with Crippen LogP contribution in [-0.4, -0.2) is 17.5 Å². The second kappa shape index (κ2) is 2.90. The monoisotopic (exact) mass is 189 g/mol. The lowest BCUT2D eigenvalue weighted by Crippen LogP contribution is -2.57. The van der Waals surface area contributed by atoms with Crippen molar-refractivity contribution in [2.45, 2.75) is 5.12 Å². The summed E-state index contributed by atoms with van der Waals surface area (Å²) in [5, 5.41) is 3.53. The number of carbonyl (C=O) groups excluding carboxylic acids is 1. The number of carbonyl (C=O) groups is 1. The van der Waals surface area contributed by atoms with Crippen molar-refractivity contribution >= 4 is 24.0 Å². The number of nitrogens with zero attached hydrogens (tertiary/aromatic N) is 1. The molecule has 6 nitrogen and oxygen atoms in total. The molecule has 6 N–H and O–H groups in total. The van der Waals surface area contributed by atoms with E-state index in [2.05, 4.69) is 15.6 Å². The van der Waals surface area contributed by atoms with Crippen LogP contribution in [0.5, 0.6) is 0 Å². The number of nitrogens with two attached hydrogens (primary N) is 2. The summed E-state index contributed by atoms with van der Waals surface area (Å²) in [6.45, 7) is 0. The summed E-state index contributed by atoms with van der Waals surface area (Å²) >= 11 is 5.79. The number of amides is 1. The molecule has 0 saturated heterocycles. The molecule has 0 aromatic carbocycles. The van der Waals surface area contributed by atoms with Gasteiger partial charge in [-0.2, -0.15) is 4.99 Å². The van der Waals surface area contributed by atoms with E-state index in [0.717, 1.165) is 0 Å². The van der Waals surface area contributed by atoms with Gasteiger partial charge in [-0.15, -0.1) is 0 Å². The molecule has 7 heteroatoms. The first-order valence-corrected chi connectivity index (χ1v) is 3.44. The van der Waals surface area contributed by atoms with E-state index < -0.39 is 5.12 Å². The highest BCUT2D eigenvalue weighted by Gasteiger charge is 2.27. The SMILES string of the molecule is NC1=CC(Cl)(NC=O)NC(N)=N1. The Morgan fingerprint density at radius 3 is 2.92 bits per heavy atom. The second-order valence-corrected chi connectivity index (χ2v) is 2.76. The average molecular weight is 190 g/mol. The standard InChI is InChI=1S/C5H8ClN5O/c6-5(9-2-12)1-3(7)10-4(8)11-5/h1-2H,7H2,(H,9,12)(H3,8,10,11). The summed E-state index contributed by atoms with van der Waals surface area (Å²) in [5.74, 6) is 0.204. The molecule has 66 valence electrons. The van der Waals surface area contributed by atoms with Crippen LogP contribution in [0.15, 0.2) is 16.9 Å². The molecule has 1 heterocycles. The summed E-state index contributed by atoms with van der Waals surface area (Å²) in [7, 11) is 0. The normalized spacial score (nSPS) is 28.1. The van der Waals surface area contributed by atoms with Gasteiger partial charge in [0.1, 0.15) is 5.82 Å². The summed E-state index contributed by atoms with van der Waals surface area (Å²) in [4.78, 5) is 13.7. The Kier molecular flexibility index (Phi) is 2.09. The molecule has 1 unspecified atom stereocenters. The molecule has 0 spiro atoms. The summed E-state index contributed by atoms with van der Waals surface area (Å²) in [5.41, 5.74) is 10.7.